The van der Waals surface area contributed by atoms with Gasteiger partial charge in [0.15, 0.2) is 0 Å². The molecule has 0 saturated carbocycles. The summed E-state index contributed by atoms with van der Waals surface area (Å²) in [6.45, 7) is 1.88. The molecule has 0 atom stereocenters. The first-order valence-corrected chi connectivity index (χ1v) is 8.63. The average molecular weight is 352 g/mol. The lowest BCUT2D eigenvalue weighted by Crippen LogP contribution is -2.03. The summed E-state index contributed by atoms with van der Waals surface area (Å²) in [5.41, 5.74) is 0.750. The highest BCUT2D eigenvalue weighted by atomic mass is 19.4. The maximum Gasteiger partial charge on any atom is 0.416 e. The zero-order chi connectivity index (χ0) is 18.3. The molecule has 0 aliphatic heterocycles. The molecule has 2 rings (SSSR count). The molecule has 0 aliphatic carbocycles. The lowest BCUT2D eigenvalue weighted by Gasteiger charge is -2.06. The summed E-state index contributed by atoms with van der Waals surface area (Å²) in [4.78, 5) is 18.7. The normalized spacial score (nSPS) is 11.7. The first-order chi connectivity index (χ1) is 11.9. The number of aryl methyl sites for hydroxylation is 1. The largest absolute Gasteiger partial charge is 0.416 e. The monoisotopic (exact) mass is 352 g/mol. The van der Waals surface area contributed by atoms with Gasteiger partial charge in [-0.25, -0.2) is 4.98 Å². The Labute approximate surface area is 145 Å². The molecule has 0 saturated heterocycles. The number of aromatic amines is 1. The summed E-state index contributed by atoms with van der Waals surface area (Å²) in [6, 6.07) is 5.05. The van der Waals surface area contributed by atoms with Gasteiger partial charge >= 0.3 is 6.18 Å². The van der Waals surface area contributed by atoms with Gasteiger partial charge in [0.05, 0.1) is 17.5 Å². The molecule has 0 spiro atoms. The van der Waals surface area contributed by atoms with E-state index in [0.29, 0.717) is 24.2 Å². The number of hydrogen-bond donors (Lipinski definition) is 1. The number of alkyl halides is 3. The number of hydrogen-bond acceptors (Lipinski definition) is 2. The zero-order valence-corrected chi connectivity index (χ0v) is 14.3. The van der Waals surface area contributed by atoms with Crippen LogP contribution in [0.1, 0.15) is 56.8 Å². The zero-order valence-electron chi connectivity index (χ0n) is 14.3. The van der Waals surface area contributed by atoms with Crippen molar-refractivity contribution in [3.8, 4) is 11.3 Å². The second-order valence-electron chi connectivity index (χ2n) is 6.13. The number of carbonyl (C=O) groups excluding carboxylic acids is 1. The summed E-state index contributed by atoms with van der Waals surface area (Å²) in [6.07, 6.45) is 3.36. The van der Waals surface area contributed by atoms with E-state index in [9.17, 15) is 18.0 Å². The van der Waals surface area contributed by atoms with Crippen molar-refractivity contribution in [2.75, 3.05) is 0 Å². The number of unbranched alkanes of at least 4 members (excludes halogenated alkanes) is 3. The molecule has 136 valence electrons. The van der Waals surface area contributed by atoms with Crippen molar-refractivity contribution < 1.29 is 18.0 Å². The smallest absolute Gasteiger partial charge is 0.342 e. The molecule has 0 bridgehead atoms. The molecule has 6 heteroatoms. The topological polar surface area (TPSA) is 45.8 Å². The average Bonchev–Trinajstić information content (AvgIpc) is 3.06. The van der Waals surface area contributed by atoms with Crippen LogP contribution in [0.4, 0.5) is 13.2 Å². The molecular formula is C19H23F3N2O. The van der Waals surface area contributed by atoms with E-state index in [-0.39, 0.29) is 0 Å². The highest BCUT2D eigenvalue weighted by molar-refractivity contribution is 5.77. The molecule has 25 heavy (non-hydrogen) atoms. The maximum atomic E-state index is 12.6. The predicted octanol–water partition coefficient (Wildman–Crippen LogP) is 5.57. The lowest BCUT2D eigenvalue weighted by atomic mass is 10.1. The Morgan fingerprint density at radius 2 is 1.76 bits per heavy atom. The van der Waals surface area contributed by atoms with Crippen molar-refractivity contribution in [3.05, 3.63) is 41.9 Å². The minimum Gasteiger partial charge on any atom is -0.342 e. The van der Waals surface area contributed by atoms with Crippen molar-refractivity contribution >= 4 is 5.78 Å². The van der Waals surface area contributed by atoms with E-state index in [1.807, 2.05) is 6.92 Å². The third kappa shape index (κ3) is 6.03. The number of rotatable bonds is 9. The van der Waals surface area contributed by atoms with Gasteiger partial charge in [-0.2, -0.15) is 13.2 Å². The van der Waals surface area contributed by atoms with Crippen molar-refractivity contribution in [2.45, 2.75) is 58.0 Å². The van der Waals surface area contributed by atoms with E-state index in [1.165, 1.54) is 12.1 Å². The molecule has 1 heterocycles. The third-order valence-electron chi connectivity index (χ3n) is 4.17. The minimum atomic E-state index is -4.32. The molecule has 0 radical (unpaired) electrons. The van der Waals surface area contributed by atoms with Crippen LogP contribution in [-0.4, -0.2) is 15.8 Å². The van der Waals surface area contributed by atoms with E-state index < -0.39 is 11.7 Å². The van der Waals surface area contributed by atoms with Crippen molar-refractivity contribution in [1.82, 2.24) is 9.97 Å². The summed E-state index contributed by atoms with van der Waals surface area (Å²) in [7, 11) is 0. The second-order valence-corrected chi connectivity index (χ2v) is 6.13. The SMILES string of the molecule is CCC(=O)CCCCCCc1ncc(-c2ccc(C(F)(F)F)cc2)[nH]1. The van der Waals surface area contributed by atoms with E-state index in [0.717, 1.165) is 55.8 Å². The van der Waals surface area contributed by atoms with Crippen LogP contribution in [0.15, 0.2) is 30.5 Å². The Morgan fingerprint density at radius 3 is 2.40 bits per heavy atom. The molecule has 0 aliphatic rings. The Bertz CT molecular complexity index is 675. The maximum absolute atomic E-state index is 12.6. The molecule has 0 unspecified atom stereocenters. The molecule has 1 aromatic heterocycles. The number of halogens is 3. The first kappa shape index (κ1) is 19.2. The number of aromatic nitrogens is 2. The highest BCUT2D eigenvalue weighted by Gasteiger charge is 2.30. The number of nitrogens with zero attached hydrogens (tertiary/aromatic N) is 1. The Kier molecular flexibility index (Phi) is 6.79. The molecule has 3 nitrogen and oxygen atoms in total. The van der Waals surface area contributed by atoms with Crippen LogP contribution in [0.3, 0.4) is 0 Å². The van der Waals surface area contributed by atoms with Crippen LogP contribution in [0.5, 0.6) is 0 Å². The van der Waals surface area contributed by atoms with Crippen molar-refractivity contribution in [2.24, 2.45) is 0 Å². The van der Waals surface area contributed by atoms with Gasteiger partial charge in [-0.1, -0.05) is 31.9 Å². The van der Waals surface area contributed by atoms with Crippen molar-refractivity contribution in [3.63, 3.8) is 0 Å². The van der Waals surface area contributed by atoms with E-state index in [4.69, 9.17) is 0 Å². The molecule has 2 aromatic rings. The number of nitrogens with one attached hydrogen (secondary N) is 1. The fraction of sp³-hybridized carbons (Fsp3) is 0.474. The molecule has 1 aromatic carbocycles. The summed E-state index contributed by atoms with van der Waals surface area (Å²) >= 11 is 0. The molecular weight excluding hydrogens is 329 g/mol. The lowest BCUT2D eigenvalue weighted by molar-refractivity contribution is -0.137. The van der Waals surface area contributed by atoms with E-state index >= 15 is 0 Å². The Balaban J connectivity index is 1.79. The highest BCUT2D eigenvalue weighted by Crippen LogP contribution is 2.30. The molecule has 1 N–H and O–H groups in total. The summed E-state index contributed by atoms with van der Waals surface area (Å²) < 4.78 is 37.7. The van der Waals surface area contributed by atoms with Crippen LogP contribution >= 0.6 is 0 Å². The van der Waals surface area contributed by atoms with Gasteiger partial charge in [-0.3, -0.25) is 4.79 Å². The second kappa shape index (κ2) is 8.83. The van der Waals surface area contributed by atoms with Gasteiger partial charge in [0.25, 0.3) is 0 Å². The molecule has 0 fully saturated rings. The fourth-order valence-corrected chi connectivity index (χ4v) is 2.62. The number of H-pyrrole nitrogens is 1. The fourth-order valence-electron chi connectivity index (χ4n) is 2.62. The third-order valence-corrected chi connectivity index (χ3v) is 4.17. The van der Waals surface area contributed by atoms with Crippen LogP contribution in [0, 0.1) is 0 Å². The quantitative estimate of drug-likeness (QED) is 0.600. The van der Waals surface area contributed by atoms with Gasteiger partial charge in [0.1, 0.15) is 11.6 Å². The van der Waals surface area contributed by atoms with Crippen LogP contribution in [-0.2, 0) is 17.4 Å². The first-order valence-electron chi connectivity index (χ1n) is 8.63. The predicted molar refractivity (Wildman–Crippen MR) is 91.1 cm³/mol. The van der Waals surface area contributed by atoms with Gasteiger partial charge in [0.2, 0.25) is 0 Å². The molecule has 0 amide bonds. The van der Waals surface area contributed by atoms with Crippen LogP contribution in [0.2, 0.25) is 0 Å². The number of benzene rings is 1. The number of carbonyl (C=O) groups is 1. The number of imidazole rings is 1. The van der Waals surface area contributed by atoms with Crippen LogP contribution in [0.25, 0.3) is 11.3 Å². The van der Waals surface area contributed by atoms with Crippen LogP contribution < -0.4 is 0 Å². The minimum absolute atomic E-state index is 0.312. The number of Topliss-reactive ketones (excluding diaryl/α,β-unsaturated/α-hetero) is 1. The van der Waals surface area contributed by atoms with Gasteiger partial charge in [-0.15, -0.1) is 0 Å². The van der Waals surface area contributed by atoms with E-state index in [2.05, 4.69) is 9.97 Å². The summed E-state index contributed by atoms with van der Waals surface area (Å²) in [5.74, 6) is 1.15. The number of ketones is 1. The van der Waals surface area contributed by atoms with Gasteiger partial charge in [-0.05, 0) is 30.5 Å². The van der Waals surface area contributed by atoms with E-state index in [1.54, 1.807) is 6.20 Å². The van der Waals surface area contributed by atoms with Crippen molar-refractivity contribution in [1.29, 1.82) is 0 Å². The Morgan fingerprint density at radius 1 is 1.08 bits per heavy atom. The Hall–Kier alpha value is -2.11. The standard InChI is InChI=1S/C19H23F3N2O/c1-2-16(25)7-5-3-4-6-8-18-23-13-17(24-18)14-9-11-15(12-10-14)19(20,21)22/h9-13H,2-8H2,1H3,(H,23,24). The summed E-state index contributed by atoms with van der Waals surface area (Å²) in [5, 5.41) is 0. The van der Waals surface area contributed by atoms with Gasteiger partial charge < -0.3 is 4.98 Å². The van der Waals surface area contributed by atoms with Gasteiger partial charge in [0, 0.05) is 19.3 Å².